The molecule has 13 heteroatoms. The van der Waals surface area contributed by atoms with Crippen molar-refractivity contribution in [2.24, 2.45) is 4.99 Å². The van der Waals surface area contributed by atoms with Gasteiger partial charge in [0.15, 0.2) is 24.0 Å². The lowest BCUT2D eigenvalue weighted by Gasteiger charge is -2.26. The van der Waals surface area contributed by atoms with E-state index in [0.717, 1.165) is 12.8 Å². The van der Waals surface area contributed by atoms with Gasteiger partial charge in [-0.25, -0.2) is 23.1 Å². The van der Waals surface area contributed by atoms with Crippen LogP contribution in [-0.4, -0.2) is 55.5 Å². The van der Waals surface area contributed by atoms with Crippen LogP contribution >= 0.6 is 0 Å². The number of aliphatic hydroxyl groups excluding tert-OH is 1. The summed E-state index contributed by atoms with van der Waals surface area (Å²) in [6, 6.07) is 0.901. The first-order valence-electron chi connectivity index (χ1n) is 12.1. The largest absolute Gasteiger partial charge is 0.444 e. The molecular formula is C24H27F3N6O4. The van der Waals surface area contributed by atoms with Gasteiger partial charge in [-0.3, -0.25) is 13.9 Å². The van der Waals surface area contributed by atoms with E-state index in [9.17, 15) is 23.1 Å². The third-order valence-corrected chi connectivity index (χ3v) is 6.62. The Balaban J connectivity index is 1.69. The van der Waals surface area contributed by atoms with Gasteiger partial charge in [-0.1, -0.05) is 0 Å². The van der Waals surface area contributed by atoms with Crippen LogP contribution in [0.15, 0.2) is 23.3 Å². The first-order chi connectivity index (χ1) is 17.8. The van der Waals surface area contributed by atoms with E-state index >= 15 is 0 Å². The van der Waals surface area contributed by atoms with Crippen molar-refractivity contribution in [3.63, 3.8) is 0 Å². The minimum atomic E-state index is -1.18. The fraction of sp³-hybridized carbons (Fsp3) is 0.500. The van der Waals surface area contributed by atoms with Crippen LogP contribution in [0.5, 0.6) is 0 Å². The lowest BCUT2D eigenvalue weighted by Crippen LogP contribution is -2.30. The predicted molar refractivity (Wildman–Crippen MR) is 125 cm³/mol. The summed E-state index contributed by atoms with van der Waals surface area (Å²) in [5, 5.41) is 13.1. The third-order valence-electron chi connectivity index (χ3n) is 6.62. The highest BCUT2D eigenvalue weighted by Crippen LogP contribution is 2.27. The van der Waals surface area contributed by atoms with Crippen LogP contribution in [0.1, 0.15) is 45.1 Å². The van der Waals surface area contributed by atoms with Crippen LogP contribution in [0.4, 0.5) is 24.8 Å². The van der Waals surface area contributed by atoms with Crippen LogP contribution in [0.2, 0.25) is 0 Å². The molecule has 2 aliphatic rings. The second-order valence-corrected chi connectivity index (χ2v) is 9.26. The number of fused-ring (bicyclic) bond motifs is 1. The molecule has 0 unspecified atom stereocenters. The predicted octanol–water partition coefficient (Wildman–Crippen LogP) is 3.08. The molecule has 1 saturated carbocycles. The minimum Gasteiger partial charge on any atom is -0.444 e. The van der Waals surface area contributed by atoms with Gasteiger partial charge in [0.05, 0.1) is 24.9 Å². The molecule has 0 bridgehead atoms. The fourth-order valence-corrected chi connectivity index (χ4v) is 4.74. The van der Waals surface area contributed by atoms with Crippen LogP contribution in [-0.2, 0) is 21.0 Å². The molecule has 0 spiro atoms. The molecule has 2 N–H and O–H groups in total. The summed E-state index contributed by atoms with van der Waals surface area (Å²) in [5.74, 6) is -3.64. The summed E-state index contributed by atoms with van der Waals surface area (Å²) in [7, 11) is 0. The average Bonchev–Trinajstić information content (AvgIpc) is 3.47. The molecule has 37 heavy (non-hydrogen) atoms. The summed E-state index contributed by atoms with van der Waals surface area (Å²) >= 11 is 0. The average molecular weight is 521 g/mol. The van der Waals surface area contributed by atoms with Gasteiger partial charge in [-0.2, -0.15) is 4.98 Å². The Morgan fingerprint density at radius 2 is 1.95 bits per heavy atom. The number of carbonyl (C=O) groups is 1. The summed E-state index contributed by atoms with van der Waals surface area (Å²) < 4.78 is 56.6. The number of hydrogen-bond donors (Lipinski definition) is 2. The van der Waals surface area contributed by atoms with Crippen molar-refractivity contribution in [2.45, 2.75) is 63.9 Å². The van der Waals surface area contributed by atoms with Gasteiger partial charge in [0.25, 0.3) is 0 Å². The number of benzene rings is 1. The van der Waals surface area contributed by atoms with Crippen LogP contribution < -0.4 is 10.9 Å². The lowest BCUT2D eigenvalue weighted by molar-refractivity contribution is -0.144. The number of aromatic nitrogens is 4. The molecule has 0 amide bonds. The Morgan fingerprint density at radius 3 is 2.59 bits per heavy atom. The Hall–Kier alpha value is -3.45. The number of nitrogens with one attached hydrogen (secondary N) is 1. The molecule has 1 atom stereocenters. The minimum absolute atomic E-state index is 0.0448. The number of carbonyl (C=O) groups excluding carboxylic acids is 1. The number of ether oxygens (including phenoxy) is 2. The van der Waals surface area contributed by atoms with Gasteiger partial charge < -0.3 is 19.9 Å². The summed E-state index contributed by atoms with van der Waals surface area (Å²) in [5.41, 5.74) is 0.175. The number of aliphatic hydroxyl groups is 1. The summed E-state index contributed by atoms with van der Waals surface area (Å²) in [4.78, 5) is 25.0. The second kappa shape index (κ2) is 10.5. The highest BCUT2D eigenvalue weighted by atomic mass is 19.1. The molecule has 1 aromatic carbocycles. The first kappa shape index (κ1) is 25.2. The van der Waals surface area contributed by atoms with Crippen molar-refractivity contribution in [1.82, 2.24) is 19.1 Å². The molecule has 1 saturated heterocycles. The highest BCUT2D eigenvalue weighted by molar-refractivity contribution is 5.72. The zero-order valence-corrected chi connectivity index (χ0v) is 20.2. The zero-order valence-electron chi connectivity index (χ0n) is 20.2. The number of hydrogen-bond acceptors (Lipinski definition) is 8. The monoisotopic (exact) mass is 520 g/mol. The Bertz CT molecular complexity index is 1350. The molecule has 3 heterocycles. The molecule has 5 rings (SSSR count). The van der Waals surface area contributed by atoms with E-state index in [1.54, 1.807) is 4.57 Å². The zero-order chi connectivity index (χ0) is 26.1. The van der Waals surface area contributed by atoms with Crippen molar-refractivity contribution in [2.75, 3.05) is 18.5 Å². The van der Waals surface area contributed by atoms with Crippen LogP contribution in [0.3, 0.4) is 0 Å². The summed E-state index contributed by atoms with van der Waals surface area (Å²) in [6.07, 6.45) is 4.67. The molecule has 2 fully saturated rings. The molecule has 0 radical (unpaired) electrons. The van der Waals surface area contributed by atoms with Gasteiger partial charge in [0.2, 0.25) is 11.6 Å². The molecule has 3 aromatic rings. The summed E-state index contributed by atoms with van der Waals surface area (Å²) in [6.45, 7) is 1.70. The first-order valence-corrected chi connectivity index (χ1v) is 12.1. The second-order valence-electron chi connectivity index (χ2n) is 9.26. The van der Waals surface area contributed by atoms with Crippen molar-refractivity contribution in [3.05, 3.63) is 41.4 Å². The smallest absolute Gasteiger partial charge is 0.304 e. The standard InChI is InChI=1S/C24H27F3N6O4/c1-13(34)37-12-32-20-10-28-23(29-15-2-4-17(35)5-3-15)31-22(20)33(16-6-7-36-11-16)24(32)30-21-18(26)8-14(25)9-19(21)27/h8-10,15-17,35H,2-7,11-12H2,1H3,(H,28,29,31)/t15?,16-,17?/m0/s1. The molecule has 1 aliphatic heterocycles. The van der Waals surface area contributed by atoms with E-state index in [-0.39, 0.29) is 30.5 Å². The molecular weight excluding hydrogens is 493 g/mol. The molecule has 2 aromatic heterocycles. The topological polar surface area (TPSA) is 116 Å². The number of anilines is 1. The van der Waals surface area contributed by atoms with Gasteiger partial charge in [-0.05, 0) is 32.1 Å². The van der Waals surface area contributed by atoms with E-state index in [1.165, 1.54) is 17.7 Å². The SMILES string of the molecule is CC(=O)OCn1c(=Nc2c(F)cc(F)cc2F)n([C@H]2CCOC2)c2nc(NC3CCC(O)CC3)ncc21. The van der Waals surface area contributed by atoms with Crippen LogP contribution in [0, 0.1) is 17.5 Å². The van der Waals surface area contributed by atoms with Gasteiger partial charge in [0, 0.05) is 31.7 Å². The molecule has 1 aliphatic carbocycles. The Morgan fingerprint density at radius 1 is 1.22 bits per heavy atom. The van der Waals surface area contributed by atoms with E-state index < -0.39 is 29.1 Å². The maximum absolute atomic E-state index is 14.6. The van der Waals surface area contributed by atoms with Crippen molar-refractivity contribution in [1.29, 1.82) is 0 Å². The van der Waals surface area contributed by atoms with E-state index in [2.05, 4.69) is 15.3 Å². The third kappa shape index (κ3) is 5.32. The Labute approximate surface area is 209 Å². The van der Waals surface area contributed by atoms with E-state index in [0.29, 0.717) is 61.7 Å². The van der Waals surface area contributed by atoms with Crippen molar-refractivity contribution in [3.8, 4) is 0 Å². The normalized spacial score (nSPS) is 22.5. The molecule has 198 valence electrons. The Kier molecular flexibility index (Phi) is 7.15. The van der Waals surface area contributed by atoms with E-state index in [1.807, 2.05) is 0 Å². The maximum Gasteiger partial charge on any atom is 0.304 e. The number of imidazole rings is 1. The van der Waals surface area contributed by atoms with Crippen LogP contribution in [0.25, 0.3) is 11.2 Å². The number of halogens is 3. The maximum atomic E-state index is 14.6. The number of esters is 1. The molecule has 10 nitrogen and oxygen atoms in total. The quantitative estimate of drug-likeness (QED) is 0.480. The van der Waals surface area contributed by atoms with Crippen molar-refractivity contribution < 1.29 is 32.5 Å². The number of rotatable bonds is 6. The van der Waals surface area contributed by atoms with Crippen molar-refractivity contribution >= 4 is 28.8 Å². The number of nitrogens with zero attached hydrogens (tertiary/aromatic N) is 5. The highest BCUT2D eigenvalue weighted by Gasteiger charge is 2.27. The van der Waals surface area contributed by atoms with Gasteiger partial charge >= 0.3 is 5.97 Å². The van der Waals surface area contributed by atoms with Gasteiger partial charge in [0.1, 0.15) is 17.0 Å². The lowest BCUT2D eigenvalue weighted by atomic mass is 9.93. The fourth-order valence-electron chi connectivity index (χ4n) is 4.74. The van der Waals surface area contributed by atoms with E-state index in [4.69, 9.17) is 14.5 Å². The van der Waals surface area contributed by atoms with Gasteiger partial charge in [-0.15, -0.1) is 0 Å².